The van der Waals surface area contributed by atoms with Crippen LogP contribution in [0.1, 0.15) is 23.2 Å². The van der Waals surface area contributed by atoms with E-state index in [0.717, 1.165) is 42.5 Å². The molecule has 0 aliphatic carbocycles. The summed E-state index contributed by atoms with van der Waals surface area (Å²) in [6.45, 7) is 1.81. The summed E-state index contributed by atoms with van der Waals surface area (Å²) in [5.74, 6) is -0.346. The fourth-order valence-electron chi connectivity index (χ4n) is 3.66. The molecule has 0 saturated carbocycles. The molecule has 0 amide bonds. The van der Waals surface area contributed by atoms with Gasteiger partial charge in [0.1, 0.15) is 16.8 Å². The number of hydrogen-bond acceptors (Lipinski definition) is 3. The number of benzene rings is 2. The molecule has 2 heterocycles. The molecule has 1 saturated heterocycles. The Hall–Kier alpha value is -2.30. The van der Waals surface area contributed by atoms with E-state index in [9.17, 15) is 4.79 Å². The highest BCUT2D eigenvalue weighted by atomic mass is 35.5. The number of ether oxygens (including phenoxy) is 1. The Kier molecular flexibility index (Phi) is 4.70. The lowest BCUT2D eigenvalue weighted by atomic mass is 10.1. The molecule has 1 aliphatic heterocycles. The van der Waals surface area contributed by atoms with Gasteiger partial charge in [0.25, 0.3) is 0 Å². The van der Waals surface area contributed by atoms with Gasteiger partial charge in [-0.2, -0.15) is 0 Å². The van der Waals surface area contributed by atoms with Crippen LogP contribution in [0, 0.1) is 0 Å². The van der Waals surface area contributed by atoms with Crippen molar-refractivity contribution in [1.29, 1.82) is 0 Å². The number of hydrogen-bond donors (Lipinski definition) is 0. The van der Waals surface area contributed by atoms with Crippen molar-refractivity contribution in [2.75, 3.05) is 20.1 Å². The second-order valence-corrected chi connectivity index (χ2v) is 7.14. The van der Waals surface area contributed by atoms with E-state index in [2.05, 4.69) is 4.90 Å². The number of rotatable bonds is 3. The van der Waals surface area contributed by atoms with Crippen LogP contribution in [0.4, 0.5) is 0 Å². The molecule has 5 heteroatoms. The zero-order valence-electron chi connectivity index (χ0n) is 14.7. The minimum atomic E-state index is -0.346. The van der Waals surface area contributed by atoms with E-state index in [-0.39, 0.29) is 12.1 Å². The molecule has 0 radical (unpaired) electrons. The third-order valence-electron chi connectivity index (χ3n) is 4.89. The van der Waals surface area contributed by atoms with Crippen molar-refractivity contribution >= 4 is 28.5 Å². The van der Waals surface area contributed by atoms with E-state index in [1.807, 2.05) is 66.2 Å². The molecule has 0 spiro atoms. The number of carbonyl (C=O) groups excluding carboxylic acids is 1. The average molecular weight is 369 g/mol. The summed E-state index contributed by atoms with van der Waals surface area (Å²) in [4.78, 5) is 15.2. The van der Waals surface area contributed by atoms with Crippen LogP contribution in [0.2, 0.25) is 5.15 Å². The second-order valence-electron chi connectivity index (χ2n) is 6.79. The van der Waals surface area contributed by atoms with E-state index in [1.165, 1.54) is 0 Å². The van der Waals surface area contributed by atoms with Gasteiger partial charge in [-0.05, 0) is 44.6 Å². The first-order valence-corrected chi connectivity index (χ1v) is 9.27. The SMILES string of the molecule is CN1CCC[C@@H](OC(=O)c2c(Cl)n(-c3ccccc3)c3ccccc23)C1. The number of esters is 1. The van der Waals surface area contributed by atoms with Gasteiger partial charge in [-0.15, -0.1) is 0 Å². The van der Waals surface area contributed by atoms with E-state index in [1.54, 1.807) is 0 Å². The van der Waals surface area contributed by atoms with Gasteiger partial charge in [0, 0.05) is 17.6 Å². The van der Waals surface area contributed by atoms with Crippen molar-refractivity contribution < 1.29 is 9.53 Å². The maximum Gasteiger partial charge on any atom is 0.342 e. The molecule has 26 heavy (non-hydrogen) atoms. The van der Waals surface area contributed by atoms with Crippen LogP contribution in [0.25, 0.3) is 16.6 Å². The highest BCUT2D eigenvalue weighted by Gasteiger charge is 2.27. The van der Waals surface area contributed by atoms with Crippen molar-refractivity contribution in [3.63, 3.8) is 0 Å². The lowest BCUT2D eigenvalue weighted by Gasteiger charge is -2.29. The topological polar surface area (TPSA) is 34.5 Å². The Morgan fingerprint density at radius 3 is 2.62 bits per heavy atom. The van der Waals surface area contributed by atoms with Gasteiger partial charge in [-0.1, -0.05) is 48.0 Å². The molecule has 2 aromatic carbocycles. The van der Waals surface area contributed by atoms with Gasteiger partial charge in [-0.25, -0.2) is 4.79 Å². The number of halogens is 1. The van der Waals surface area contributed by atoms with Crippen LogP contribution < -0.4 is 0 Å². The number of fused-ring (bicyclic) bond motifs is 1. The van der Waals surface area contributed by atoms with Crippen molar-refractivity contribution in [2.24, 2.45) is 0 Å². The maximum atomic E-state index is 13.0. The van der Waals surface area contributed by atoms with Gasteiger partial charge in [0.05, 0.1) is 5.52 Å². The van der Waals surface area contributed by atoms with Crippen LogP contribution in [-0.2, 0) is 4.74 Å². The van der Waals surface area contributed by atoms with E-state index < -0.39 is 0 Å². The molecule has 134 valence electrons. The van der Waals surface area contributed by atoms with Crippen molar-refractivity contribution in [2.45, 2.75) is 18.9 Å². The number of para-hydroxylation sites is 2. The summed E-state index contributed by atoms with van der Waals surface area (Å²) in [6, 6.07) is 17.6. The van der Waals surface area contributed by atoms with Crippen LogP contribution >= 0.6 is 11.6 Å². The Bertz CT molecular complexity index is 936. The zero-order chi connectivity index (χ0) is 18.1. The molecule has 1 aromatic heterocycles. The van der Waals surface area contributed by atoms with Gasteiger partial charge in [-0.3, -0.25) is 4.57 Å². The summed E-state index contributed by atoms with van der Waals surface area (Å²) in [6.07, 6.45) is 1.84. The highest BCUT2D eigenvalue weighted by molar-refractivity contribution is 6.35. The van der Waals surface area contributed by atoms with Gasteiger partial charge in [0.15, 0.2) is 0 Å². The molecule has 1 fully saturated rings. The second kappa shape index (κ2) is 7.14. The summed E-state index contributed by atoms with van der Waals surface area (Å²) in [5, 5.41) is 1.21. The van der Waals surface area contributed by atoms with Crippen LogP contribution in [0.3, 0.4) is 0 Å². The molecule has 4 rings (SSSR count). The molecule has 0 unspecified atom stereocenters. The lowest BCUT2D eigenvalue weighted by molar-refractivity contribution is 0.0111. The molecule has 1 aliphatic rings. The average Bonchev–Trinajstić information content (AvgIpc) is 2.94. The number of piperidine rings is 1. The Balaban J connectivity index is 1.76. The minimum Gasteiger partial charge on any atom is -0.457 e. The first-order chi connectivity index (χ1) is 12.6. The van der Waals surface area contributed by atoms with Crippen LogP contribution in [0.5, 0.6) is 0 Å². The molecule has 0 bridgehead atoms. The van der Waals surface area contributed by atoms with Crippen LogP contribution in [0.15, 0.2) is 54.6 Å². The highest BCUT2D eigenvalue weighted by Crippen LogP contribution is 2.34. The first kappa shape index (κ1) is 17.1. The number of nitrogens with zero attached hydrogens (tertiary/aromatic N) is 2. The third-order valence-corrected chi connectivity index (χ3v) is 5.25. The van der Waals surface area contributed by atoms with Crippen molar-refractivity contribution in [1.82, 2.24) is 9.47 Å². The lowest BCUT2D eigenvalue weighted by Crippen LogP contribution is -2.38. The molecule has 4 nitrogen and oxygen atoms in total. The smallest absolute Gasteiger partial charge is 0.342 e. The van der Waals surface area contributed by atoms with Crippen molar-refractivity contribution in [3.8, 4) is 5.69 Å². The first-order valence-electron chi connectivity index (χ1n) is 8.89. The van der Waals surface area contributed by atoms with E-state index >= 15 is 0 Å². The minimum absolute atomic E-state index is 0.0869. The maximum absolute atomic E-state index is 13.0. The molecule has 0 N–H and O–H groups in total. The summed E-state index contributed by atoms with van der Waals surface area (Å²) < 4.78 is 7.71. The zero-order valence-corrected chi connectivity index (χ0v) is 15.4. The number of likely N-dealkylation sites (tertiary alicyclic amines) is 1. The fraction of sp³-hybridized carbons (Fsp3) is 0.286. The fourth-order valence-corrected chi connectivity index (χ4v) is 4.03. The molecular formula is C21H21ClN2O2. The monoisotopic (exact) mass is 368 g/mol. The Labute approximate surface area is 157 Å². The standard InChI is InChI=1S/C21H21ClN2O2/c1-23-13-7-10-16(14-23)26-21(25)19-17-11-5-6-12-18(17)24(20(19)22)15-8-3-2-4-9-15/h2-6,8-9,11-12,16H,7,10,13-14H2,1H3/t16-/m1/s1. The third kappa shape index (κ3) is 3.11. The van der Waals surface area contributed by atoms with Crippen molar-refractivity contribution in [3.05, 3.63) is 65.3 Å². The Morgan fingerprint density at radius 2 is 1.85 bits per heavy atom. The summed E-state index contributed by atoms with van der Waals surface area (Å²) >= 11 is 6.68. The van der Waals surface area contributed by atoms with E-state index in [4.69, 9.17) is 16.3 Å². The quantitative estimate of drug-likeness (QED) is 0.637. The summed E-state index contributed by atoms with van der Waals surface area (Å²) in [5.41, 5.74) is 2.26. The van der Waals surface area contributed by atoms with Gasteiger partial charge >= 0.3 is 5.97 Å². The van der Waals surface area contributed by atoms with Crippen LogP contribution in [-0.4, -0.2) is 41.7 Å². The summed E-state index contributed by atoms with van der Waals surface area (Å²) in [7, 11) is 2.05. The normalized spacial score (nSPS) is 18.2. The van der Waals surface area contributed by atoms with Gasteiger partial charge < -0.3 is 9.64 Å². The van der Waals surface area contributed by atoms with E-state index in [0.29, 0.717) is 10.7 Å². The predicted molar refractivity (Wildman–Crippen MR) is 104 cm³/mol. The molecule has 1 atom stereocenters. The largest absolute Gasteiger partial charge is 0.457 e. The number of aromatic nitrogens is 1. The Morgan fingerprint density at radius 1 is 1.12 bits per heavy atom. The predicted octanol–water partition coefficient (Wildman–Crippen LogP) is 4.53. The molecule has 3 aromatic rings. The number of carbonyl (C=O) groups is 1. The number of likely N-dealkylation sites (N-methyl/N-ethyl adjacent to an activating group) is 1. The molecular weight excluding hydrogens is 348 g/mol. The van der Waals surface area contributed by atoms with Gasteiger partial charge in [0.2, 0.25) is 0 Å².